The number of ketones is 1. The molecule has 0 radical (unpaired) electrons. The summed E-state index contributed by atoms with van der Waals surface area (Å²) in [5.41, 5.74) is 0.852. The molecule has 1 rings (SSSR count). The van der Waals surface area contributed by atoms with E-state index in [0.29, 0.717) is 20.4 Å². The molecule has 0 amide bonds. The quantitative estimate of drug-likeness (QED) is 0.485. The maximum atomic E-state index is 11.5. The van der Waals surface area contributed by atoms with Gasteiger partial charge in [0.25, 0.3) is 0 Å². The molecule has 0 aromatic heterocycles. The largest absolute Gasteiger partial charge is 0.497 e. The Hall–Kier alpha value is -0.800. The van der Waals surface area contributed by atoms with Crippen LogP contribution in [0.5, 0.6) is 5.75 Å². The lowest BCUT2D eigenvalue weighted by molar-refractivity contribution is 0.102. The summed E-state index contributed by atoms with van der Waals surface area (Å²) < 4.78 is 5.61. The maximum Gasteiger partial charge on any atom is 0.178 e. The SMILES string of the molecule is COc1cc(C#N)c(I)c(C(=O)CCl)c1. The second kappa shape index (κ2) is 5.33. The monoisotopic (exact) mass is 335 g/mol. The number of nitriles is 1. The van der Waals surface area contributed by atoms with E-state index in [0.717, 1.165) is 0 Å². The van der Waals surface area contributed by atoms with Crippen LogP contribution in [0.15, 0.2) is 12.1 Å². The Labute approximate surface area is 106 Å². The van der Waals surface area contributed by atoms with Crippen LogP contribution < -0.4 is 4.74 Å². The number of ether oxygens (including phenoxy) is 1. The fourth-order valence-electron chi connectivity index (χ4n) is 1.07. The van der Waals surface area contributed by atoms with Crippen molar-refractivity contribution in [2.24, 2.45) is 0 Å². The van der Waals surface area contributed by atoms with E-state index in [4.69, 9.17) is 21.6 Å². The number of hydrogen-bond acceptors (Lipinski definition) is 3. The summed E-state index contributed by atoms with van der Waals surface area (Å²) in [5.74, 6) is 0.172. The molecule has 0 fully saturated rings. The number of hydrogen-bond donors (Lipinski definition) is 0. The summed E-state index contributed by atoms with van der Waals surface area (Å²) in [4.78, 5) is 11.5. The van der Waals surface area contributed by atoms with Gasteiger partial charge in [-0.3, -0.25) is 4.79 Å². The number of carbonyl (C=O) groups is 1. The van der Waals surface area contributed by atoms with Crippen molar-refractivity contribution < 1.29 is 9.53 Å². The van der Waals surface area contributed by atoms with Crippen molar-refractivity contribution in [2.75, 3.05) is 13.0 Å². The Morgan fingerprint density at radius 1 is 1.67 bits per heavy atom. The standard InChI is InChI=1S/C10H7ClINO2/c1-15-7-2-6(5-13)10(12)8(3-7)9(14)4-11/h2-3H,4H2,1H3. The van der Waals surface area contributed by atoms with Crippen molar-refractivity contribution in [1.82, 2.24) is 0 Å². The first kappa shape index (κ1) is 12.3. The lowest BCUT2D eigenvalue weighted by atomic mass is 10.1. The number of rotatable bonds is 3. The third kappa shape index (κ3) is 2.61. The summed E-state index contributed by atoms with van der Waals surface area (Å²) >= 11 is 7.43. The van der Waals surface area contributed by atoms with Crippen LogP contribution in [0.25, 0.3) is 0 Å². The topological polar surface area (TPSA) is 50.1 Å². The maximum absolute atomic E-state index is 11.5. The first-order valence-electron chi connectivity index (χ1n) is 4.00. The van der Waals surface area contributed by atoms with E-state index >= 15 is 0 Å². The first-order chi connectivity index (χ1) is 7.13. The molecule has 5 heteroatoms. The lowest BCUT2D eigenvalue weighted by Crippen LogP contribution is -2.05. The summed E-state index contributed by atoms with van der Waals surface area (Å²) in [7, 11) is 1.48. The fraction of sp³-hybridized carbons (Fsp3) is 0.200. The van der Waals surface area contributed by atoms with Crippen LogP contribution in [0.4, 0.5) is 0 Å². The minimum atomic E-state index is -0.212. The van der Waals surface area contributed by atoms with E-state index in [1.807, 2.05) is 28.7 Å². The highest BCUT2D eigenvalue weighted by atomic mass is 127. The van der Waals surface area contributed by atoms with Gasteiger partial charge in [0.05, 0.1) is 18.6 Å². The molecule has 0 bridgehead atoms. The Balaban J connectivity index is 3.38. The van der Waals surface area contributed by atoms with Gasteiger partial charge < -0.3 is 4.74 Å². The van der Waals surface area contributed by atoms with Crippen molar-refractivity contribution >= 4 is 40.0 Å². The lowest BCUT2D eigenvalue weighted by Gasteiger charge is -2.06. The van der Waals surface area contributed by atoms with Crippen LogP contribution in [-0.4, -0.2) is 18.8 Å². The predicted molar refractivity (Wildman–Crippen MR) is 65.5 cm³/mol. The number of halogens is 2. The fourth-order valence-corrected chi connectivity index (χ4v) is 1.95. The molecule has 0 aliphatic carbocycles. The van der Waals surface area contributed by atoms with E-state index in [1.165, 1.54) is 7.11 Å². The third-order valence-corrected chi connectivity index (χ3v) is 3.23. The number of alkyl halides is 1. The molecule has 0 saturated heterocycles. The molecule has 1 aromatic carbocycles. The van der Waals surface area contributed by atoms with Crippen LogP contribution >= 0.6 is 34.2 Å². The number of benzene rings is 1. The normalized spacial score (nSPS) is 9.47. The Bertz CT molecular complexity index is 440. The molecule has 3 nitrogen and oxygen atoms in total. The second-order valence-electron chi connectivity index (χ2n) is 2.71. The summed E-state index contributed by atoms with van der Waals surface area (Å²) in [6.07, 6.45) is 0. The molecule has 0 spiro atoms. The molecular weight excluding hydrogens is 328 g/mol. The summed E-state index contributed by atoms with van der Waals surface area (Å²) in [5, 5.41) is 8.86. The van der Waals surface area contributed by atoms with Crippen molar-refractivity contribution in [1.29, 1.82) is 5.26 Å². The van der Waals surface area contributed by atoms with Gasteiger partial charge in [0, 0.05) is 9.13 Å². The highest BCUT2D eigenvalue weighted by Gasteiger charge is 2.14. The first-order valence-corrected chi connectivity index (χ1v) is 5.62. The zero-order valence-corrected chi connectivity index (χ0v) is 10.8. The molecule has 0 aliphatic heterocycles. The Kier molecular flexibility index (Phi) is 4.36. The Morgan fingerprint density at radius 3 is 2.80 bits per heavy atom. The highest BCUT2D eigenvalue weighted by molar-refractivity contribution is 14.1. The van der Waals surface area contributed by atoms with Crippen molar-refractivity contribution in [3.63, 3.8) is 0 Å². The van der Waals surface area contributed by atoms with Crippen molar-refractivity contribution in [3.05, 3.63) is 26.8 Å². The summed E-state index contributed by atoms with van der Waals surface area (Å²) in [6, 6.07) is 5.19. The van der Waals surface area contributed by atoms with Crippen molar-refractivity contribution in [3.8, 4) is 11.8 Å². The smallest absolute Gasteiger partial charge is 0.178 e. The van der Waals surface area contributed by atoms with Gasteiger partial charge in [0.2, 0.25) is 0 Å². The number of methoxy groups -OCH3 is 1. The molecule has 78 valence electrons. The van der Waals surface area contributed by atoms with Gasteiger partial charge in [-0.1, -0.05) is 0 Å². The van der Waals surface area contributed by atoms with Crippen molar-refractivity contribution in [2.45, 2.75) is 0 Å². The molecule has 0 atom stereocenters. The minimum absolute atomic E-state index is 0.103. The predicted octanol–water partition coefficient (Wildman–Crippen LogP) is 2.59. The molecule has 15 heavy (non-hydrogen) atoms. The average molecular weight is 336 g/mol. The zero-order chi connectivity index (χ0) is 11.4. The van der Waals surface area contributed by atoms with Gasteiger partial charge in [-0.05, 0) is 34.7 Å². The average Bonchev–Trinajstić information content (AvgIpc) is 2.28. The van der Waals surface area contributed by atoms with E-state index < -0.39 is 0 Å². The molecular formula is C10H7ClINO2. The number of carbonyl (C=O) groups excluding carboxylic acids is 1. The van der Waals surface area contributed by atoms with Crippen LogP contribution in [-0.2, 0) is 0 Å². The number of nitrogens with zero attached hydrogens (tertiary/aromatic N) is 1. The molecule has 0 N–H and O–H groups in total. The second-order valence-corrected chi connectivity index (χ2v) is 4.05. The van der Waals surface area contributed by atoms with E-state index in [1.54, 1.807) is 12.1 Å². The molecule has 1 aromatic rings. The third-order valence-electron chi connectivity index (χ3n) is 1.82. The Morgan fingerprint density at radius 2 is 2.33 bits per heavy atom. The van der Waals surface area contributed by atoms with Gasteiger partial charge in [-0.25, -0.2) is 0 Å². The van der Waals surface area contributed by atoms with Gasteiger partial charge >= 0.3 is 0 Å². The number of Topliss-reactive ketones (excluding diaryl/α,β-unsaturated/α-hetero) is 1. The molecule has 0 heterocycles. The van der Waals surface area contributed by atoms with Gasteiger partial charge in [0.1, 0.15) is 11.8 Å². The van der Waals surface area contributed by atoms with Gasteiger partial charge in [-0.15, -0.1) is 11.6 Å². The molecule has 0 saturated carbocycles. The van der Waals surface area contributed by atoms with E-state index in [-0.39, 0.29) is 11.7 Å². The van der Waals surface area contributed by atoms with Crippen LogP contribution in [0, 0.1) is 14.9 Å². The zero-order valence-electron chi connectivity index (χ0n) is 7.88. The van der Waals surface area contributed by atoms with Gasteiger partial charge in [0.15, 0.2) is 5.78 Å². The van der Waals surface area contributed by atoms with Crippen LogP contribution in [0.2, 0.25) is 0 Å². The minimum Gasteiger partial charge on any atom is -0.497 e. The molecule has 0 aliphatic rings. The van der Waals surface area contributed by atoms with E-state index in [9.17, 15) is 4.79 Å². The summed E-state index contributed by atoms with van der Waals surface area (Å²) in [6.45, 7) is 0. The van der Waals surface area contributed by atoms with Crippen LogP contribution in [0.1, 0.15) is 15.9 Å². The molecule has 0 unspecified atom stereocenters. The van der Waals surface area contributed by atoms with Gasteiger partial charge in [-0.2, -0.15) is 5.26 Å². The van der Waals surface area contributed by atoms with Crippen LogP contribution in [0.3, 0.4) is 0 Å². The van der Waals surface area contributed by atoms with E-state index in [2.05, 4.69) is 0 Å². The highest BCUT2D eigenvalue weighted by Crippen LogP contribution is 2.24.